The largest absolute Gasteiger partial charge is 0.496 e. The monoisotopic (exact) mass is 221 g/mol. The van der Waals surface area contributed by atoms with E-state index in [1.54, 1.807) is 12.1 Å². The average molecular weight is 221 g/mol. The summed E-state index contributed by atoms with van der Waals surface area (Å²) in [6, 6.07) is 3.40. The van der Waals surface area contributed by atoms with Crippen molar-refractivity contribution in [2.75, 3.05) is 20.0 Å². The molecule has 1 aromatic heterocycles. The van der Waals surface area contributed by atoms with Gasteiger partial charge in [-0.05, 0) is 12.1 Å². The molecule has 0 fully saturated rings. The molecule has 0 spiro atoms. The molecule has 16 heavy (non-hydrogen) atoms. The number of nitrogens with two attached hydrogens (primary N) is 1. The summed E-state index contributed by atoms with van der Waals surface area (Å²) in [4.78, 5) is 18.5. The van der Waals surface area contributed by atoms with Gasteiger partial charge in [0.15, 0.2) is 5.95 Å². The summed E-state index contributed by atoms with van der Waals surface area (Å²) in [7, 11) is 2.78. The number of fused-ring (bicyclic) bond motifs is 1. The van der Waals surface area contributed by atoms with Crippen LogP contribution in [0.1, 0.15) is 10.4 Å². The van der Waals surface area contributed by atoms with Crippen LogP contribution in [-0.4, -0.2) is 30.2 Å². The molecule has 0 saturated carbocycles. The van der Waals surface area contributed by atoms with E-state index in [4.69, 9.17) is 10.5 Å². The lowest BCUT2D eigenvalue weighted by Crippen LogP contribution is -2.05. The van der Waals surface area contributed by atoms with Crippen molar-refractivity contribution >= 4 is 23.0 Å². The zero-order valence-corrected chi connectivity index (χ0v) is 8.90. The molecule has 84 valence electrons. The molecule has 0 unspecified atom stereocenters. The number of anilines is 1. The van der Waals surface area contributed by atoms with E-state index in [0.29, 0.717) is 16.8 Å². The number of nitrogens with one attached hydrogen (secondary N) is 1. The molecule has 2 rings (SSSR count). The summed E-state index contributed by atoms with van der Waals surface area (Å²) >= 11 is 0. The molecule has 0 aliphatic heterocycles. The van der Waals surface area contributed by atoms with Crippen molar-refractivity contribution < 1.29 is 14.3 Å². The van der Waals surface area contributed by atoms with Crippen molar-refractivity contribution in [3.05, 3.63) is 17.7 Å². The predicted octanol–water partition coefficient (Wildman–Crippen LogP) is 0.940. The van der Waals surface area contributed by atoms with Gasteiger partial charge in [-0.1, -0.05) is 0 Å². The maximum Gasteiger partial charge on any atom is 0.343 e. The van der Waals surface area contributed by atoms with Crippen molar-refractivity contribution in [2.45, 2.75) is 0 Å². The van der Waals surface area contributed by atoms with Crippen LogP contribution in [0, 0.1) is 0 Å². The first-order valence-corrected chi connectivity index (χ1v) is 4.58. The van der Waals surface area contributed by atoms with E-state index >= 15 is 0 Å². The van der Waals surface area contributed by atoms with Gasteiger partial charge in [0.25, 0.3) is 0 Å². The normalized spacial score (nSPS) is 10.4. The van der Waals surface area contributed by atoms with Crippen molar-refractivity contribution in [1.82, 2.24) is 9.97 Å². The highest BCUT2D eigenvalue weighted by atomic mass is 16.5. The minimum absolute atomic E-state index is 0.244. The second kappa shape index (κ2) is 3.73. The molecule has 1 heterocycles. The van der Waals surface area contributed by atoms with Crippen molar-refractivity contribution in [1.29, 1.82) is 0 Å². The van der Waals surface area contributed by atoms with Gasteiger partial charge in [-0.15, -0.1) is 0 Å². The van der Waals surface area contributed by atoms with Gasteiger partial charge in [0.05, 0.1) is 19.7 Å². The number of rotatable bonds is 2. The van der Waals surface area contributed by atoms with Crippen LogP contribution in [0.3, 0.4) is 0 Å². The van der Waals surface area contributed by atoms with Gasteiger partial charge in [-0.2, -0.15) is 0 Å². The molecule has 0 aliphatic rings. The Balaban J connectivity index is 2.77. The molecule has 3 N–H and O–H groups in total. The average Bonchev–Trinajstić information content (AvgIpc) is 2.66. The van der Waals surface area contributed by atoms with Gasteiger partial charge in [-0.3, -0.25) is 0 Å². The van der Waals surface area contributed by atoms with Crippen LogP contribution in [0.25, 0.3) is 11.0 Å². The van der Waals surface area contributed by atoms with E-state index in [9.17, 15) is 4.79 Å². The molecule has 0 aliphatic carbocycles. The lowest BCUT2D eigenvalue weighted by Gasteiger charge is -2.06. The minimum atomic E-state index is -0.506. The zero-order chi connectivity index (χ0) is 11.7. The molecule has 6 nitrogen and oxygen atoms in total. The van der Waals surface area contributed by atoms with Crippen LogP contribution in [-0.2, 0) is 4.74 Å². The van der Waals surface area contributed by atoms with Crippen molar-refractivity contribution in [3.63, 3.8) is 0 Å². The molecule has 6 heteroatoms. The number of nitrogen functional groups attached to an aromatic ring is 1. The predicted molar refractivity (Wildman–Crippen MR) is 58.4 cm³/mol. The molecule has 0 bridgehead atoms. The molecule has 0 radical (unpaired) electrons. The smallest absolute Gasteiger partial charge is 0.343 e. The Labute approximate surface area is 91.4 Å². The van der Waals surface area contributed by atoms with Crippen molar-refractivity contribution in [2.24, 2.45) is 0 Å². The van der Waals surface area contributed by atoms with Crippen LogP contribution in [0.5, 0.6) is 5.75 Å². The number of nitrogens with zero attached hydrogens (tertiary/aromatic N) is 1. The second-order valence-corrected chi connectivity index (χ2v) is 3.15. The Hall–Kier alpha value is -2.24. The molecule has 1 aromatic carbocycles. The quantitative estimate of drug-likeness (QED) is 0.736. The van der Waals surface area contributed by atoms with Gasteiger partial charge >= 0.3 is 5.97 Å². The maximum atomic E-state index is 11.6. The number of benzene rings is 1. The molecule has 2 aromatic rings. The highest BCUT2D eigenvalue weighted by Crippen LogP contribution is 2.27. The summed E-state index contributed by atoms with van der Waals surface area (Å²) in [6.45, 7) is 0. The van der Waals surface area contributed by atoms with Gasteiger partial charge in [0.1, 0.15) is 16.8 Å². The molecular formula is C10H11N3O3. The van der Waals surface area contributed by atoms with E-state index < -0.39 is 5.97 Å². The second-order valence-electron chi connectivity index (χ2n) is 3.15. The number of esters is 1. The third-order valence-electron chi connectivity index (χ3n) is 2.24. The number of H-pyrrole nitrogens is 1. The van der Waals surface area contributed by atoms with E-state index in [0.717, 1.165) is 0 Å². The van der Waals surface area contributed by atoms with Crippen LogP contribution in [0.15, 0.2) is 12.1 Å². The van der Waals surface area contributed by atoms with E-state index in [2.05, 4.69) is 14.7 Å². The number of aromatic amines is 1. The number of ether oxygens (including phenoxy) is 2. The van der Waals surface area contributed by atoms with Gasteiger partial charge in [0, 0.05) is 0 Å². The first-order chi connectivity index (χ1) is 7.67. The van der Waals surface area contributed by atoms with Crippen molar-refractivity contribution in [3.8, 4) is 5.75 Å². The number of imidazole rings is 1. The third kappa shape index (κ3) is 1.44. The number of carbonyl (C=O) groups excluding carboxylic acids is 1. The number of aromatic nitrogens is 2. The van der Waals surface area contributed by atoms with E-state index in [-0.39, 0.29) is 11.5 Å². The topological polar surface area (TPSA) is 90.2 Å². The standard InChI is InChI=1S/C10H11N3O3/c1-15-6-4-3-5-8(13-10(11)12-5)7(6)9(14)16-2/h3-4H,1-2H3,(H3,11,12,13). The van der Waals surface area contributed by atoms with Gasteiger partial charge in [0.2, 0.25) is 0 Å². The summed E-state index contributed by atoms with van der Waals surface area (Å²) in [6.07, 6.45) is 0. The number of carbonyl (C=O) groups is 1. The van der Waals surface area contributed by atoms with E-state index in [1.165, 1.54) is 14.2 Å². The fourth-order valence-electron chi connectivity index (χ4n) is 1.55. The summed E-state index contributed by atoms with van der Waals surface area (Å²) in [5.41, 5.74) is 6.92. The van der Waals surface area contributed by atoms with E-state index in [1.807, 2.05) is 0 Å². The third-order valence-corrected chi connectivity index (χ3v) is 2.24. The first kappa shape index (κ1) is 10.3. The SMILES string of the molecule is COC(=O)c1c(OC)ccc2[nH]c(N)nc12. The lowest BCUT2D eigenvalue weighted by molar-refractivity contribution is 0.0599. The first-order valence-electron chi connectivity index (χ1n) is 4.58. The highest BCUT2D eigenvalue weighted by Gasteiger charge is 2.19. The summed E-state index contributed by atoms with van der Waals surface area (Å²) < 4.78 is 9.77. The zero-order valence-electron chi connectivity index (χ0n) is 8.90. The Morgan fingerprint density at radius 1 is 1.44 bits per heavy atom. The van der Waals surface area contributed by atoms with Crippen LogP contribution in [0.2, 0.25) is 0 Å². The Morgan fingerprint density at radius 2 is 2.19 bits per heavy atom. The Kier molecular flexibility index (Phi) is 2.40. The molecular weight excluding hydrogens is 210 g/mol. The maximum absolute atomic E-state index is 11.6. The molecule has 0 saturated heterocycles. The minimum Gasteiger partial charge on any atom is -0.496 e. The van der Waals surface area contributed by atoms with Crippen LogP contribution < -0.4 is 10.5 Å². The number of hydrogen-bond donors (Lipinski definition) is 2. The molecule has 0 amide bonds. The number of methoxy groups -OCH3 is 2. The Morgan fingerprint density at radius 3 is 2.81 bits per heavy atom. The van der Waals surface area contributed by atoms with Crippen LogP contribution in [0.4, 0.5) is 5.95 Å². The lowest BCUT2D eigenvalue weighted by atomic mass is 10.1. The fraction of sp³-hybridized carbons (Fsp3) is 0.200. The summed E-state index contributed by atoms with van der Waals surface area (Å²) in [5, 5.41) is 0. The van der Waals surface area contributed by atoms with Gasteiger partial charge < -0.3 is 20.2 Å². The van der Waals surface area contributed by atoms with Gasteiger partial charge in [-0.25, -0.2) is 9.78 Å². The number of hydrogen-bond acceptors (Lipinski definition) is 5. The molecule has 0 atom stereocenters. The highest BCUT2D eigenvalue weighted by molar-refractivity contribution is 6.05. The summed E-state index contributed by atoms with van der Waals surface area (Å²) in [5.74, 6) is 0.146. The van der Waals surface area contributed by atoms with Crippen LogP contribution >= 0.6 is 0 Å². The Bertz CT molecular complexity index is 547. The fourth-order valence-corrected chi connectivity index (χ4v) is 1.55.